The Bertz CT molecular complexity index is 785. The number of hydrogen-bond acceptors (Lipinski definition) is 5. The Morgan fingerprint density at radius 3 is 2.58 bits per heavy atom. The minimum atomic E-state index is -0.775. The fourth-order valence-corrected chi connectivity index (χ4v) is 2.10. The number of carbonyl (C=O) groups is 1. The van der Waals surface area contributed by atoms with Gasteiger partial charge in [0.25, 0.3) is 0 Å². The van der Waals surface area contributed by atoms with Gasteiger partial charge in [-0.05, 0) is 30.0 Å². The van der Waals surface area contributed by atoms with Crippen molar-refractivity contribution >= 4 is 5.97 Å². The number of benzene rings is 1. The van der Waals surface area contributed by atoms with E-state index in [1.165, 1.54) is 0 Å². The highest BCUT2D eigenvalue weighted by Crippen LogP contribution is 2.27. The molecule has 0 radical (unpaired) electrons. The number of carbonyl (C=O) groups excluding carboxylic acids is 1. The van der Waals surface area contributed by atoms with Crippen molar-refractivity contribution in [2.45, 2.75) is 39.2 Å². The fraction of sp³-hybridized carbons (Fsp3) is 0.333. The van der Waals surface area contributed by atoms with Gasteiger partial charge in [0, 0.05) is 18.3 Å². The minimum Gasteiger partial charge on any atom is -0.479 e. The molecule has 0 fully saturated rings. The average Bonchev–Trinajstić information content (AvgIpc) is 2.59. The standard InChI is InChI=1S/C21H23NO4/c1-6-12-24-20(23)15(2)25-17-8-7-9-18(13-17)26-19-11-10-16(14-22-19)21(3,4)5/h1,7-11,13-15H,12H2,2-5H3. The number of rotatable bonds is 6. The molecule has 0 spiro atoms. The molecule has 0 aliphatic carbocycles. The molecule has 0 saturated heterocycles. The van der Waals surface area contributed by atoms with E-state index >= 15 is 0 Å². The van der Waals surface area contributed by atoms with Crippen molar-refractivity contribution in [2.75, 3.05) is 6.61 Å². The quantitative estimate of drug-likeness (QED) is 0.578. The molecule has 1 unspecified atom stereocenters. The maximum absolute atomic E-state index is 11.7. The molecule has 0 aliphatic rings. The first-order valence-corrected chi connectivity index (χ1v) is 8.31. The molecule has 136 valence electrons. The van der Waals surface area contributed by atoms with Crippen molar-refractivity contribution < 1.29 is 19.0 Å². The van der Waals surface area contributed by atoms with Crippen LogP contribution < -0.4 is 9.47 Å². The van der Waals surface area contributed by atoms with E-state index in [-0.39, 0.29) is 12.0 Å². The van der Waals surface area contributed by atoms with Crippen LogP contribution in [0.1, 0.15) is 33.3 Å². The highest BCUT2D eigenvalue weighted by atomic mass is 16.6. The first-order valence-electron chi connectivity index (χ1n) is 8.31. The largest absolute Gasteiger partial charge is 0.479 e. The van der Waals surface area contributed by atoms with Crippen LogP contribution in [-0.4, -0.2) is 23.7 Å². The summed E-state index contributed by atoms with van der Waals surface area (Å²) in [6, 6.07) is 10.8. The summed E-state index contributed by atoms with van der Waals surface area (Å²) in [5, 5.41) is 0. The van der Waals surface area contributed by atoms with Crippen LogP contribution in [0.3, 0.4) is 0 Å². The summed E-state index contributed by atoms with van der Waals surface area (Å²) in [5.41, 5.74) is 1.16. The van der Waals surface area contributed by atoms with E-state index in [0.29, 0.717) is 17.4 Å². The summed E-state index contributed by atoms with van der Waals surface area (Å²) >= 11 is 0. The Balaban J connectivity index is 2.03. The second kappa shape index (κ2) is 8.39. The van der Waals surface area contributed by atoms with E-state index in [1.54, 1.807) is 37.4 Å². The van der Waals surface area contributed by atoms with Crippen molar-refractivity contribution in [3.05, 3.63) is 48.2 Å². The Morgan fingerprint density at radius 1 is 1.23 bits per heavy atom. The number of hydrogen-bond donors (Lipinski definition) is 0. The molecule has 0 N–H and O–H groups in total. The molecule has 2 rings (SSSR count). The molecule has 0 aliphatic heterocycles. The summed E-state index contributed by atoms with van der Waals surface area (Å²) in [5.74, 6) is 3.25. The summed E-state index contributed by atoms with van der Waals surface area (Å²) in [6.45, 7) is 7.90. The van der Waals surface area contributed by atoms with E-state index in [0.717, 1.165) is 5.56 Å². The molecule has 0 amide bonds. The van der Waals surface area contributed by atoms with Crippen molar-refractivity contribution in [2.24, 2.45) is 0 Å². The molecule has 1 heterocycles. The molecule has 0 bridgehead atoms. The zero-order valence-corrected chi connectivity index (χ0v) is 15.5. The molecule has 5 nitrogen and oxygen atoms in total. The summed E-state index contributed by atoms with van der Waals surface area (Å²) in [4.78, 5) is 16.0. The van der Waals surface area contributed by atoms with Gasteiger partial charge in [-0.3, -0.25) is 0 Å². The van der Waals surface area contributed by atoms with Crippen molar-refractivity contribution in [3.8, 4) is 29.7 Å². The first-order chi connectivity index (χ1) is 12.3. The lowest BCUT2D eigenvalue weighted by Crippen LogP contribution is -2.26. The number of pyridine rings is 1. The second-order valence-electron chi connectivity index (χ2n) is 6.78. The van der Waals surface area contributed by atoms with Gasteiger partial charge < -0.3 is 14.2 Å². The van der Waals surface area contributed by atoms with Gasteiger partial charge in [0.2, 0.25) is 5.88 Å². The Morgan fingerprint density at radius 2 is 1.96 bits per heavy atom. The van der Waals surface area contributed by atoms with E-state index in [4.69, 9.17) is 20.6 Å². The molecule has 2 aromatic rings. The van der Waals surface area contributed by atoms with Gasteiger partial charge in [0.05, 0.1) is 0 Å². The molecule has 26 heavy (non-hydrogen) atoms. The number of terminal acetylenes is 1. The van der Waals surface area contributed by atoms with Crippen molar-refractivity contribution in [1.82, 2.24) is 4.98 Å². The Hall–Kier alpha value is -3.00. The third kappa shape index (κ3) is 5.52. The van der Waals surface area contributed by atoms with Gasteiger partial charge in [-0.2, -0.15) is 0 Å². The van der Waals surface area contributed by atoms with Crippen LogP contribution in [0.25, 0.3) is 0 Å². The molecule has 5 heteroatoms. The van der Waals surface area contributed by atoms with E-state index in [2.05, 4.69) is 31.7 Å². The van der Waals surface area contributed by atoms with Crippen LogP contribution in [0.4, 0.5) is 0 Å². The zero-order chi connectivity index (χ0) is 19.2. The minimum absolute atomic E-state index is 0.0312. The number of ether oxygens (including phenoxy) is 3. The van der Waals surface area contributed by atoms with Crippen LogP contribution in [0.5, 0.6) is 17.4 Å². The maximum Gasteiger partial charge on any atom is 0.347 e. The van der Waals surface area contributed by atoms with E-state index in [9.17, 15) is 4.79 Å². The van der Waals surface area contributed by atoms with Crippen LogP contribution >= 0.6 is 0 Å². The van der Waals surface area contributed by atoms with Crippen molar-refractivity contribution in [3.63, 3.8) is 0 Å². The van der Waals surface area contributed by atoms with E-state index < -0.39 is 12.1 Å². The molecule has 1 aromatic heterocycles. The predicted molar refractivity (Wildman–Crippen MR) is 99.3 cm³/mol. The van der Waals surface area contributed by atoms with Gasteiger partial charge in [-0.1, -0.05) is 38.8 Å². The summed E-state index contributed by atoms with van der Waals surface area (Å²) < 4.78 is 16.2. The molecule has 1 atom stereocenters. The molecular formula is C21H23NO4. The first kappa shape index (κ1) is 19.3. The van der Waals surface area contributed by atoms with Gasteiger partial charge in [0.15, 0.2) is 12.7 Å². The molecule has 0 saturated carbocycles. The topological polar surface area (TPSA) is 57.7 Å². The smallest absolute Gasteiger partial charge is 0.347 e. The average molecular weight is 353 g/mol. The van der Waals surface area contributed by atoms with Crippen LogP contribution in [0.2, 0.25) is 0 Å². The van der Waals surface area contributed by atoms with Crippen LogP contribution in [-0.2, 0) is 14.9 Å². The zero-order valence-electron chi connectivity index (χ0n) is 15.5. The third-order valence-corrected chi connectivity index (χ3v) is 3.57. The Kier molecular flexibility index (Phi) is 6.24. The van der Waals surface area contributed by atoms with Gasteiger partial charge in [-0.15, -0.1) is 6.42 Å². The fourth-order valence-electron chi connectivity index (χ4n) is 2.10. The van der Waals surface area contributed by atoms with Crippen molar-refractivity contribution in [1.29, 1.82) is 0 Å². The Labute approximate surface area is 154 Å². The highest BCUT2D eigenvalue weighted by molar-refractivity contribution is 5.74. The number of aromatic nitrogens is 1. The van der Waals surface area contributed by atoms with Crippen LogP contribution in [0.15, 0.2) is 42.6 Å². The lowest BCUT2D eigenvalue weighted by Gasteiger charge is -2.18. The van der Waals surface area contributed by atoms with Gasteiger partial charge in [-0.25, -0.2) is 9.78 Å². The third-order valence-electron chi connectivity index (χ3n) is 3.57. The summed E-state index contributed by atoms with van der Waals surface area (Å²) in [7, 11) is 0. The van der Waals surface area contributed by atoms with Gasteiger partial charge in [0.1, 0.15) is 11.5 Å². The maximum atomic E-state index is 11.7. The lowest BCUT2D eigenvalue weighted by molar-refractivity contribution is -0.149. The normalized spacial score (nSPS) is 12.0. The van der Waals surface area contributed by atoms with Crippen LogP contribution in [0, 0.1) is 12.3 Å². The number of nitrogens with zero attached hydrogens (tertiary/aromatic N) is 1. The monoisotopic (exact) mass is 353 g/mol. The highest BCUT2D eigenvalue weighted by Gasteiger charge is 2.17. The predicted octanol–water partition coefficient (Wildman–Crippen LogP) is 4.12. The van der Waals surface area contributed by atoms with Gasteiger partial charge >= 0.3 is 5.97 Å². The van der Waals surface area contributed by atoms with E-state index in [1.807, 2.05) is 12.1 Å². The molecule has 1 aromatic carbocycles. The summed E-state index contributed by atoms with van der Waals surface area (Å²) in [6.07, 6.45) is 6.09. The SMILES string of the molecule is C#CCOC(=O)C(C)Oc1cccc(Oc2ccc(C(C)(C)C)cn2)c1. The lowest BCUT2D eigenvalue weighted by atomic mass is 9.88. The second-order valence-corrected chi connectivity index (χ2v) is 6.78. The molecular weight excluding hydrogens is 330 g/mol. The number of esters is 1.